The van der Waals surface area contributed by atoms with E-state index >= 15 is 0 Å². The van der Waals surface area contributed by atoms with Crippen LogP contribution in [0.3, 0.4) is 0 Å². The number of hydrogen-bond donors (Lipinski definition) is 0. The van der Waals surface area contributed by atoms with Crippen molar-refractivity contribution in [3.05, 3.63) is 39.9 Å². The highest BCUT2D eigenvalue weighted by Crippen LogP contribution is 2.39. The van der Waals surface area contributed by atoms with E-state index in [1.165, 1.54) is 15.6 Å². The molecule has 0 aliphatic heterocycles. The summed E-state index contributed by atoms with van der Waals surface area (Å²) in [6.45, 7) is 7.29. The minimum atomic E-state index is -1.11. The lowest BCUT2D eigenvalue weighted by Crippen LogP contribution is -2.28. The minimum Gasteiger partial charge on any atom is -0.0791 e. The number of fused-ring (bicyclic) bond motifs is 1. The molecule has 0 N–H and O–H groups in total. The normalized spacial score (nSPS) is 19.9. The largest absolute Gasteiger partial charge is 0.0791 e. The van der Waals surface area contributed by atoms with Crippen molar-refractivity contribution in [3.63, 3.8) is 0 Å². The number of rotatable bonds is 1. The van der Waals surface area contributed by atoms with E-state index in [1.54, 1.807) is 0 Å². The average Bonchev–Trinajstić information content (AvgIpc) is 2.47. The molecule has 0 fully saturated rings. The van der Waals surface area contributed by atoms with Gasteiger partial charge in [-0.3, -0.25) is 0 Å². The van der Waals surface area contributed by atoms with Crippen molar-refractivity contribution in [2.24, 2.45) is 0 Å². The zero-order chi connectivity index (χ0) is 10.3. The Labute approximate surface area is 95.2 Å². The van der Waals surface area contributed by atoms with Crippen LogP contribution in [0, 0.1) is 0 Å². The highest BCUT2D eigenvalue weighted by molar-refractivity contribution is 9.10. The molecule has 0 bridgehead atoms. The molecule has 0 saturated heterocycles. The Kier molecular flexibility index (Phi) is 2.44. The smallest absolute Gasteiger partial charge is 0.0566 e. The quantitative estimate of drug-likeness (QED) is 0.660. The van der Waals surface area contributed by atoms with Gasteiger partial charge in [-0.1, -0.05) is 59.9 Å². The van der Waals surface area contributed by atoms with Crippen LogP contribution in [0.25, 0.3) is 6.08 Å². The van der Waals surface area contributed by atoms with Crippen LogP contribution >= 0.6 is 15.9 Å². The molecule has 1 unspecified atom stereocenters. The van der Waals surface area contributed by atoms with Gasteiger partial charge in [0.1, 0.15) is 0 Å². The van der Waals surface area contributed by atoms with Crippen molar-refractivity contribution >= 4 is 30.1 Å². The molecule has 2 heteroatoms. The lowest BCUT2D eigenvalue weighted by atomic mass is 10.1. The van der Waals surface area contributed by atoms with Crippen LogP contribution in [0.1, 0.15) is 16.7 Å². The standard InChI is InChI=1S/C12H15BrSi/c1-14(2,3)12-8-7-9-10(12)5-4-6-11(9)13/h4-8,12H,1-3H3. The summed E-state index contributed by atoms with van der Waals surface area (Å²) < 4.78 is 1.23. The summed E-state index contributed by atoms with van der Waals surface area (Å²) in [5, 5.41) is 0. The molecular weight excluding hydrogens is 252 g/mol. The van der Waals surface area contributed by atoms with Gasteiger partial charge >= 0.3 is 0 Å². The van der Waals surface area contributed by atoms with Gasteiger partial charge in [-0.2, -0.15) is 0 Å². The predicted octanol–water partition coefficient (Wildman–Crippen LogP) is 4.44. The first-order valence-corrected chi connectivity index (χ1v) is 9.34. The van der Waals surface area contributed by atoms with Crippen LogP contribution < -0.4 is 0 Å². The molecule has 0 nitrogen and oxygen atoms in total. The molecule has 1 aromatic rings. The third-order valence-corrected chi connectivity index (χ3v) is 5.87. The van der Waals surface area contributed by atoms with Crippen molar-refractivity contribution in [2.45, 2.75) is 25.2 Å². The van der Waals surface area contributed by atoms with Gasteiger partial charge in [-0.25, -0.2) is 0 Å². The fourth-order valence-electron chi connectivity index (χ4n) is 2.05. The van der Waals surface area contributed by atoms with Crippen LogP contribution in [0.5, 0.6) is 0 Å². The molecule has 0 amide bonds. The average molecular weight is 267 g/mol. The lowest BCUT2D eigenvalue weighted by Gasteiger charge is -2.24. The van der Waals surface area contributed by atoms with Crippen LogP contribution in [0.15, 0.2) is 28.7 Å². The van der Waals surface area contributed by atoms with Crippen molar-refractivity contribution in [1.29, 1.82) is 0 Å². The Morgan fingerprint density at radius 2 is 1.93 bits per heavy atom. The maximum absolute atomic E-state index is 3.61. The Balaban J connectivity index is 2.51. The van der Waals surface area contributed by atoms with Crippen molar-refractivity contribution in [2.75, 3.05) is 0 Å². The Morgan fingerprint density at radius 3 is 2.57 bits per heavy atom. The van der Waals surface area contributed by atoms with Crippen LogP contribution in [-0.4, -0.2) is 8.07 Å². The summed E-state index contributed by atoms with van der Waals surface area (Å²) in [6, 6.07) is 6.53. The Hall–Kier alpha value is -0.343. The summed E-state index contributed by atoms with van der Waals surface area (Å²) in [5.41, 5.74) is 3.59. The van der Waals surface area contributed by atoms with Gasteiger partial charge in [0.05, 0.1) is 8.07 Å². The first-order valence-electron chi connectivity index (χ1n) is 4.97. The Morgan fingerprint density at radius 1 is 1.21 bits per heavy atom. The molecule has 1 aromatic carbocycles. The summed E-state index contributed by atoms with van der Waals surface area (Å²) in [6.07, 6.45) is 4.64. The topological polar surface area (TPSA) is 0 Å². The van der Waals surface area contributed by atoms with Crippen LogP contribution in [-0.2, 0) is 0 Å². The number of halogens is 1. The summed E-state index contributed by atoms with van der Waals surface area (Å²) >= 11 is 3.61. The molecule has 0 heterocycles. The first-order chi connectivity index (χ1) is 6.50. The maximum Gasteiger partial charge on any atom is 0.0566 e. The molecule has 1 atom stereocenters. The second kappa shape index (κ2) is 3.35. The minimum absolute atomic E-state index is 0.690. The second-order valence-electron chi connectivity index (χ2n) is 4.95. The zero-order valence-electron chi connectivity index (χ0n) is 8.84. The van der Waals surface area contributed by atoms with E-state index in [-0.39, 0.29) is 0 Å². The van der Waals surface area contributed by atoms with Crippen LogP contribution in [0.4, 0.5) is 0 Å². The van der Waals surface area contributed by atoms with Crippen molar-refractivity contribution in [3.8, 4) is 0 Å². The lowest BCUT2D eigenvalue weighted by molar-refractivity contribution is 1.16. The van der Waals surface area contributed by atoms with E-state index in [2.05, 4.69) is 65.9 Å². The first kappa shape index (κ1) is 10.2. The molecule has 2 rings (SSSR count). The second-order valence-corrected chi connectivity index (χ2v) is 11.2. The van der Waals surface area contributed by atoms with Gasteiger partial charge in [0.2, 0.25) is 0 Å². The molecule has 0 spiro atoms. The summed E-state index contributed by atoms with van der Waals surface area (Å²) in [4.78, 5) is 0. The predicted molar refractivity (Wildman–Crippen MR) is 69.3 cm³/mol. The molecular formula is C12H15BrSi. The molecule has 0 radical (unpaired) electrons. The number of benzene rings is 1. The summed E-state index contributed by atoms with van der Waals surface area (Å²) in [7, 11) is -1.11. The third kappa shape index (κ3) is 1.61. The van der Waals surface area contributed by atoms with E-state index in [0.717, 1.165) is 0 Å². The van der Waals surface area contributed by atoms with Crippen molar-refractivity contribution in [1.82, 2.24) is 0 Å². The van der Waals surface area contributed by atoms with Crippen LogP contribution in [0.2, 0.25) is 19.6 Å². The fraction of sp³-hybridized carbons (Fsp3) is 0.333. The monoisotopic (exact) mass is 266 g/mol. The van der Waals surface area contributed by atoms with E-state index < -0.39 is 8.07 Å². The van der Waals surface area contributed by atoms with E-state index in [4.69, 9.17) is 0 Å². The highest BCUT2D eigenvalue weighted by Gasteiger charge is 2.30. The van der Waals surface area contributed by atoms with Crippen molar-refractivity contribution < 1.29 is 0 Å². The Bertz CT molecular complexity index is 388. The number of hydrogen-bond acceptors (Lipinski definition) is 0. The molecule has 1 aliphatic rings. The third-order valence-electron chi connectivity index (χ3n) is 2.81. The van der Waals surface area contributed by atoms with E-state index in [9.17, 15) is 0 Å². The maximum atomic E-state index is 3.61. The van der Waals surface area contributed by atoms with E-state index in [1.807, 2.05) is 0 Å². The molecule has 74 valence electrons. The fourth-order valence-corrected chi connectivity index (χ4v) is 4.42. The number of allylic oxidation sites excluding steroid dienone is 1. The van der Waals surface area contributed by atoms with Gasteiger partial charge in [-0.05, 0) is 22.7 Å². The van der Waals surface area contributed by atoms with E-state index in [0.29, 0.717) is 5.54 Å². The van der Waals surface area contributed by atoms with Gasteiger partial charge in [-0.15, -0.1) is 0 Å². The molecule has 0 saturated carbocycles. The highest BCUT2D eigenvalue weighted by atomic mass is 79.9. The van der Waals surface area contributed by atoms with Gasteiger partial charge in [0.15, 0.2) is 0 Å². The molecule has 14 heavy (non-hydrogen) atoms. The summed E-state index contributed by atoms with van der Waals surface area (Å²) in [5.74, 6) is 0. The van der Waals surface area contributed by atoms with Gasteiger partial charge < -0.3 is 0 Å². The molecule has 1 aliphatic carbocycles. The molecule has 0 aromatic heterocycles. The SMILES string of the molecule is C[Si](C)(C)C1C=Cc2c(Br)cccc21. The zero-order valence-corrected chi connectivity index (χ0v) is 11.4. The van der Waals surface area contributed by atoms with Gasteiger partial charge in [0, 0.05) is 4.47 Å². The van der Waals surface area contributed by atoms with Gasteiger partial charge in [0.25, 0.3) is 0 Å².